The Bertz CT molecular complexity index is 892. The predicted octanol–water partition coefficient (Wildman–Crippen LogP) is 4.20. The van der Waals surface area contributed by atoms with E-state index in [2.05, 4.69) is 32.7 Å². The van der Waals surface area contributed by atoms with Gasteiger partial charge in [0, 0.05) is 18.3 Å². The predicted molar refractivity (Wildman–Crippen MR) is 108 cm³/mol. The molecule has 1 heterocycles. The highest BCUT2D eigenvalue weighted by molar-refractivity contribution is 5.93. The number of hydrogen-bond acceptors (Lipinski definition) is 4. The number of anilines is 2. The summed E-state index contributed by atoms with van der Waals surface area (Å²) in [6.45, 7) is 4.43. The van der Waals surface area contributed by atoms with Crippen LogP contribution in [-0.4, -0.2) is 22.4 Å². The van der Waals surface area contributed by atoms with Gasteiger partial charge in [-0.1, -0.05) is 48.0 Å². The molecule has 1 amide bonds. The van der Waals surface area contributed by atoms with Crippen LogP contribution in [0.2, 0.25) is 0 Å². The molecule has 0 saturated heterocycles. The van der Waals surface area contributed by atoms with E-state index < -0.39 is 0 Å². The third-order valence-electron chi connectivity index (χ3n) is 4.17. The summed E-state index contributed by atoms with van der Waals surface area (Å²) >= 11 is 0. The number of aryl methyl sites for hydroxylation is 3. The molecular weight excluding hydrogens is 336 g/mol. The summed E-state index contributed by atoms with van der Waals surface area (Å²) in [5.74, 6) is 0.989. The van der Waals surface area contributed by atoms with Gasteiger partial charge >= 0.3 is 0 Å². The zero-order valence-corrected chi connectivity index (χ0v) is 15.7. The number of amides is 1. The molecule has 0 fully saturated rings. The topological polar surface area (TPSA) is 66.9 Å². The van der Waals surface area contributed by atoms with E-state index in [9.17, 15) is 4.79 Å². The van der Waals surface area contributed by atoms with Gasteiger partial charge < -0.3 is 10.6 Å². The summed E-state index contributed by atoms with van der Waals surface area (Å²) in [6, 6.07) is 19.9. The van der Waals surface area contributed by atoms with Crippen LogP contribution >= 0.6 is 0 Å². The molecule has 0 unspecified atom stereocenters. The van der Waals surface area contributed by atoms with Gasteiger partial charge in [-0.25, -0.2) is 9.97 Å². The summed E-state index contributed by atoms with van der Waals surface area (Å²) in [6.07, 6.45) is 1.82. The van der Waals surface area contributed by atoms with Gasteiger partial charge in [0.1, 0.15) is 17.3 Å². The van der Waals surface area contributed by atoms with Crippen LogP contribution in [0.4, 0.5) is 11.5 Å². The average molecular weight is 360 g/mol. The van der Waals surface area contributed by atoms with Crippen molar-refractivity contribution in [2.24, 2.45) is 0 Å². The number of nitrogens with zero attached hydrogens (tertiary/aromatic N) is 2. The molecule has 0 spiro atoms. The maximum Gasteiger partial charge on any atom is 0.270 e. The average Bonchev–Trinajstić information content (AvgIpc) is 2.67. The van der Waals surface area contributed by atoms with Gasteiger partial charge in [-0.3, -0.25) is 4.79 Å². The Labute approximate surface area is 159 Å². The van der Waals surface area contributed by atoms with E-state index in [-0.39, 0.29) is 5.91 Å². The van der Waals surface area contributed by atoms with Crippen molar-refractivity contribution in [3.05, 3.63) is 83.3 Å². The first kappa shape index (κ1) is 18.6. The molecule has 5 heteroatoms. The van der Waals surface area contributed by atoms with E-state index in [1.54, 1.807) is 13.0 Å². The van der Waals surface area contributed by atoms with Crippen molar-refractivity contribution in [1.82, 2.24) is 15.3 Å². The summed E-state index contributed by atoms with van der Waals surface area (Å²) in [4.78, 5) is 21.1. The van der Waals surface area contributed by atoms with Crippen LogP contribution in [0, 0.1) is 13.8 Å². The van der Waals surface area contributed by atoms with E-state index in [0.29, 0.717) is 23.9 Å². The minimum Gasteiger partial charge on any atom is -0.351 e. The van der Waals surface area contributed by atoms with Crippen LogP contribution in [0.15, 0.2) is 60.7 Å². The molecule has 3 aromatic rings. The normalized spacial score (nSPS) is 10.4. The Morgan fingerprint density at radius 1 is 0.963 bits per heavy atom. The van der Waals surface area contributed by atoms with Crippen molar-refractivity contribution in [2.75, 3.05) is 11.9 Å². The fourth-order valence-corrected chi connectivity index (χ4v) is 2.76. The second-order valence-electron chi connectivity index (χ2n) is 6.52. The zero-order chi connectivity index (χ0) is 19.1. The van der Waals surface area contributed by atoms with Gasteiger partial charge in [0.05, 0.1) is 0 Å². The van der Waals surface area contributed by atoms with Crippen LogP contribution in [0.3, 0.4) is 0 Å². The van der Waals surface area contributed by atoms with E-state index in [1.807, 2.05) is 49.4 Å². The molecule has 2 N–H and O–H groups in total. The van der Waals surface area contributed by atoms with Gasteiger partial charge in [-0.15, -0.1) is 0 Å². The first-order valence-electron chi connectivity index (χ1n) is 9.12. The minimum atomic E-state index is -0.180. The largest absolute Gasteiger partial charge is 0.351 e. The molecule has 0 aliphatic rings. The van der Waals surface area contributed by atoms with E-state index in [0.717, 1.165) is 18.5 Å². The lowest BCUT2D eigenvalue weighted by atomic mass is 10.1. The summed E-state index contributed by atoms with van der Waals surface area (Å²) < 4.78 is 0. The molecule has 3 rings (SSSR count). The molecule has 27 heavy (non-hydrogen) atoms. The molecule has 0 saturated carbocycles. The van der Waals surface area contributed by atoms with E-state index >= 15 is 0 Å². The molecule has 0 aliphatic carbocycles. The van der Waals surface area contributed by atoms with E-state index in [1.165, 1.54) is 11.1 Å². The highest BCUT2D eigenvalue weighted by atomic mass is 16.1. The Morgan fingerprint density at radius 3 is 2.44 bits per heavy atom. The first-order valence-corrected chi connectivity index (χ1v) is 9.12. The summed E-state index contributed by atoms with van der Waals surface area (Å²) in [5.41, 5.74) is 3.76. The highest BCUT2D eigenvalue weighted by Gasteiger charge is 2.10. The van der Waals surface area contributed by atoms with E-state index in [4.69, 9.17) is 0 Å². The Kier molecular flexibility index (Phi) is 6.15. The number of rotatable bonds is 7. The lowest BCUT2D eigenvalue weighted by Crippen LogP contribution is -2.26. The summed E-state index contributed by atoms with van der Waals surface area (Å²) in [5, 5.41) is 6.16. The second kappa shape index (κ2) is 8.94. The second-order valence-corrected chi connectivity index (χ2v) is 6.52. The van der Waals surface area contributed by atoms with Gasteiger partial charge in [0.25, 0.3) is 5.91 Å². The van der Waals surface area contributed by atoms with Crippen LogP contribution in [0.25, 0.3) is 0 Å². The van der Waals surface area contributed by atoms with Crippen LogP contribution in [-0.2, 0) is 6.42 Å². The molecule has 138 valence electrons. The lowest BCUT2D eigenvalue weighted by Gasteiger charge is -2.09. The lowest BCUT2D eigenvalue weighted by molar-refractivity contribution is 0.0948. The maximum absolute atomic E-state index is 12.4. The number of benzene rings is 2. The maximum atomic E-state index is 12.4. The molecule has 0 aliphatic heterocycles. The standard InChI is InChI=1S/C22H24N4O/c1-16-10-12-19(13-11-16)26-21-15-20(24-17(2)25-21)22(27)23-14-6-9-18-7-4-3-5-8-18/h3-5,7-8,10-13,15H,6,9,14H2,1-2H3,(H,23,27)(H,24,25,26). The number of carbonyl (C=O) groups excluding carboxylic acids is 1. The van der Waals surface area contributed by atoms with Crippen molar-refractivity contribution in [1.29, 1.82) is 0 Å². The summed E-state index contributed by atoms with van der Waals surface area (Å²) in [7, 11) is 0. The molecule has 1 aromatic heterocycles. The first-order chi connectivity index (χ1) is 13.1. The fraction of sp³-hybridized carbons (Fsp3) is 0.227. The number of aromatic nitrogens is 2. The van der Waals surface area contributed by atoms with Crippen LogP contribution in [0.5, 0.6) is 0 Å². The quantitative estimate of drug-likeness (QED) is 0.620. The number of carbonyl (C=O) groups is 1. The Morgan fingerprint density at radius 2 is 1.70 bits per heavy atom. The van der Waals surface area contributed by atoms with Crippen molar-refractivity contribution in [3.63, 3.8) is 0 Å². The minimum absolute atomic E-state index is 0.180. The molecule has 2 aromatic carbocycles. The molecule has 0 atom stereocenters. The smallest absolute Gasteiger partial charge is 0.270 e. The van der Waals surface area contributed by atoms with Gasteiger partial charge in [0.15, 0.2) is 0 Å². The van der Waals surface area contributed by atoms with Crippen molar-refractivity contribution >= 4 is 17.4 Å². The molecule has 5 nitrogen and oxygen atoms in total. The Balaban J connectivity index is 1.57. The third-order valence-corrected chi connectivity index (χ3v) is 4.17. The number of nitrogens with one attached hydrogen (secondary N) is 2. The van der Waals surface area contributed by atoms with Crippen molar-refractivity contribution < 1.29 is 4.79 Å². The van der Waals surface area contributed by atoms with Crippen LogP contribution in [0.1, 0.15) is 33.9 Å². The monoisotopic (exact) mass is 360 g/mol. The zero-order valence-electron chi connectivity index (χ0n) is 15.7. The van der Waals surface area contributed by atoms with Gasteiger partial charge in [0.2, 0.25) is 0 Å². The number of hydrogen-bond donors (Lipinski definition) is 2. The Hall–Kier alpha value is -3.21. The van der Waals surface area contributed by atoms with Crippen molar-refractivity contribution in [2.45, 2.75) is 26.7 Å². The third kappa shape index (κ3) is 5.64. The molecular formula is C22H24N4O. The SMILES string of the molecule is Cc1ccc(Nc2cc(C(=O)NCCCc3ccccc3)nc(C)n2)cc1. The van der Waals surface area contributed by atoms with Crippen molar-refractivity contribution in [3.8, 4) is 0 Å². The fourth-order valence-electron chi connectivity index (χ4n) is 2.76. The molecule has 0 radical (unpaired) electrons. The molecule has 0 bridgehead atoms. The highest BCUT2D eigenvalue weighted by Crippen LogP contribution is 2.16. The van der Waals surface area contributed by atoms with Crippen LogP contribution < -0.4 is 10.6 Å². The van der Waals surface area contributed by atoms with Gasteiger partial charge in [-0.2, -0.15) is 0 Å². The van der Waals surface area contributed by atoms with Gasteiger partial charge in [-0.05, 0) is 44.4 Å².